The lowest BCUT2D eigenvalue weighted by molar-refractivity contribution is -0.0298. The summed E-state index contributed by atoms with van der Waals surface area (Å²) in [6.45, 7) is 23.1. The molecule has 0 spiro atoms. The third-order valence-corrected chi connectivity index (χ3v) is 16.7. The number of nitrogens with zero attached hydrogens (tertiary/aromatic N) is 2. The Labute approximate surface area is 201 Å². The summed E-state index contributed by atoms with van der Waals surface area (Å²) in [5.74, 6) is 0. The van der Waals surface area contributed by atoms with E-state index in [9.17, 15) is 4.79 Å². The van der Waals surface area contributed by atoms with Crippen LogP contribution in [-0.4, -0.2) is 58.4 Å². The number of hydrogen-bond donors (Lipinski definition) is 0. The minimum Gasteiger partial charge on any atom is -0.354 e. The maximum absolute atomic E-state index is 13.9. The molecule has 2 atom stereocenters. The molecule has 6 heteroatoms. The van der Waals surface area contributed by atoms with Gasteiger partial charge in [-0.15, -0.1) is 0 Å². The van der Waals surface area contributed by atoms with Crippen LogP contribution in [0.5, 0.6) is 0 Å². The van der Waals surface area contributed by atoms with Crippen LogP contribution in [0.25, 0.3) is 0 Å². The zero-order chi connectivity index (χ0) is 23.9. The first kappa shape index (κ1) is 25.8. The third kappa shape index (κ3) is 5.13. The molecule has 0 N–H and O–H groups in total. The van der Waals surface area contributed by atoms with Crippen molar-refractivity contribution in [1.82, 2.24) is 9.80 Å². The molecule has 2 heterocycles. The van der Waals surface area contributed by atoms with Crippen molar-refractivity contribution in [3.63, 3.8) is 0 Å². The summed E-state index contributed by atoms with van der Waals surface area (Å²) in [6, 6.07) is 11.2. The Morgan fingerprint density at radius 3 is 2.34 bits per heavy atom. The summed E-state index contributed by atoms with van der Waals surface area (Å²) >= 11 is 1.62. The van der Waals surface area contributed by atoms with Crippen LogP contribution in [0, 0.1) is 0 Å². The summed E-state index contributed by atoms with van der Waals surface area (Å²) in [7, 11) is -1.83. The summed E-state index contributed by atoms with van der Waals surface area (Å²) in [6.07, 6.45) is 2.38. The molecule has 0 unspecified atom stereocenters. The number of benzene rings is 1. The molecule has 1 aromatic rings. The Morgan fingerprint density at radius 1 is 1.19 bits per heavy atom. The van der Waals surface area contributed by atoms with E-state index in [2.05, 4.69) is 82.9 Å². The highest BCUT2D eigenvalue weighted by Gasteiger charge is 2.53. The van der Waals surface area contributed by atoms with Gasteiger partial charge in [0.05, 0.1) is 20.2 Å². The molecule has 0 bridgehead atoms. The zero-order valence-corrected chi connectivity index (χ0v) is 23.5. The van der Waals surface area contributed by atoms with Gasteiger partial charge in [-0.25, -0.2) is 0 Å². The molecule has 32 heavy (non-hydrogen) atoms. The third-order valence-electron chi connectivity index (χ3n) is 7.97. The van der Waals surface area contributed by atoms with E-state index in [1.165, 1.54) is 18.4 Å². The van der Waals surface area contributed by atoms with E-state index < -0.39 is 13.8 Å². The van der Waals surface area contributed by atoms with Gasteiger partial charge in [0.2, 0.25) is 0 Å². The Hall–Kier alpha value is -0.823. The normalized spacial score (nSPS) is 24.7. The van der Waals surface area contributed by atoms with Crippen molar-refractivity contribution in [2.24, 2.45) is 0 Å². The molecule has 0 saturated carbocycles. The van der Waals surface area contributed by atoms with Gasteiger partial charge in [-0.1, -0.05) is 76.0 Å². The van der Waals surface area contributed by atoms with Gasteiger partial charge < -0.3 is 4.74 Å². The Morgan fingerprint density at radius 2 is 1.81 bits per heavy atom. The topological polar surface area (TPSA) is 32.8 Å². The molecular formula is C26H44N2O2SSi. The van der Waals surface area contributed by atoms with Crippen LogP contribution in [0.2, 0.25) is 18.1 Å². The number of rotatable bonds is 5. The van der Waals surface area contributed by atoms with Crippen LogP contribution in [0.4, 0.5) is 4.79 Å². The van der Waals surface area contributed by atoms with Gasteiger partial charge in [-0.05, 0) is 57.7 Å². The first-order valence-electron chi connectivity index (χ1n) is 12.1. The van der Waals surface area contributed by atoms with Crippen LogP contribution in [0.3, 0.4) is 0 Å². The highest BCUT2D eigenvalue weighted by atomic mass is 32.2. The summed E-state index contributed by atoms with van der Waals surface area (Å²) in [5, 5.41) is 0.386. The molecule has 2 aliphatic rings. The number of ether oxygens (including phenoxy) is 1. The predicted molar refractivity (Wildman–Crippen MR) is 140 cm³/mol. The van der Waals surface area contributed by atoms with Crippen molar-refractivity contribution in [1.29, 1.82) is 0 Å². The standard InChI is InChI=1S/C26H44N2O2SSi/c1-24(2,3)32(8,9)22(31-23(29)28-25(4,5)19-30-26(28,6)7)21-16-13-17-27(21)18-20-14-11-10-12-15-20/h10-12,14-15,21-22H,13,16-19H2,1-9H3/t21-,22-/m0/s1. The van der Waals surface area contributed by atoms with Crippen LogP contribution < -0.4 is 0 Å². The quantitative estimate of drug-likeness (QED) is 0.439. The highest BCUT2D eigenvalue weighted by Crippen LogP contribution is 2.48. The predicted octanol–water partition coefficient (Wildman–Crippen LogP) is 6.77. The number of carbonyl (C=O) groups is 1. The van der Waals surface area contributed by atoms with Gasteiger partial charge in [-0.2, -0.15) is 0 Å². The van der Waals surface area contributed by atoms with E-state index in [1.807, 2.05) is 18.7 Å². The fourth-order valence-corrected chi connectivity index (χ4v) is 11.2. The van der Waals surface area contributed by atoms with Crippen LogP contribution >= 0.6 is 11.8 Å². The molecule has 1 aromatic carbocycles. The van der Waals surface area contributed by atoms with Crippen molar-refractivity contribution >= 4 is 25.1 Å². The second-order valence-electron chi connectivity index (χ2n) is 12.3. The molecule has 1 amide bonds. The second kappa shape index (κ2) is 9.08. The summed E-state index contributed by atoms with van der Waals surface area (Å²) in [5.41, 5.74) is 0.510. The molecule has 180 valence electrons. The van der Waals surface area contributed by atoms with Crippen LogP contribution in [0.15, 0.2) is 30.3 Å². The second-order valence-corrected chi connectivity index (χ2v) is 19.4. The molecule has 2 fully saturated rings. The van der Waals surface area contributed by atoms with Gasteiger partial charge in [0.1, 0.15) is 5.72 Å². The molecule has 4 nitrogen and oxygen atoms in total. The lowest BCUT2D eigenvalue weighted by Crippen LogP contribution is -2.58. The zero-order valence-electron chi connectivity index (χ0n) is 21.7. The minimum atomic E-state index is -1.83. The first-order valence-corrected chi connectivity index (χ1v) is 16.1. The van der Waals surface area contributed by atoms with Crippen molar-refractivity contribution < 1.29 is 9.53 Å². The monoisotopic (exact) mass is 476 g/mol. The van der Waals surface area contributed by atoms with Crippen molar-refractivity contribution in [3.05, 3.63) is 35.9 Å². The van der Waals surface area contributed by atoms with Gasteiger partial charge in [-0.3, -0.25) is 14.6 Å². The smallest absolute Gasteiger partial charge is 0.284 e. The molecule has 0 aromatic heterocycles. The Balaban J connectivity index is 1.91. The average Bonchev–Trinajstić information content (AvgIpc) is 3.20. The SMILES string of the molecule is CC1(C)COC(C)(C)N1C(=O)S[C@H]([C@@H]1CCCN1Cc1ccccc1)[Si](C)(C)C(C)(C)C. The maximum atomic E-state index is 13.9. The Bertz CT molecular complexity index is 788. The van der Waals surface area contributed by atoms with Crippen molar-refractivity contribution in [3.8, 4) is 0 Å². The molecular weight excluding hydrogens is 432 g/mol. The van der Waals surface area contributed by atoms with Crippen LogP contribution in [-0.2, 0) is 11.3 Å². The summed E-state index contributed by atoms with van der Waals surface area (Å²) in [4.78, 5) is 18.9. The van der Waals surface area contributed by atoms with E-state index in [4.69, 9.17) is 4.74 Å². The Kier molecular flexibility index (Phi) is 7.32. The maximum Gasteiger partial charge on any atom is 0.284 e. The molecule has 2 saturated heterocycles. The number of hydrogen-bond acceptors (Lipinski definition) is 4. The van der Waals surface area contributed by atoms with E-state index >= 15 is 0 Å². The number of likely N-dealkylation sites (tertiary alicyclic amines) is 1. The van der Waals surface area contributed by atoms with E-state index in [0.29, 0.717) is 17.5 Å². The van der Waals surface area contributed by atoms with E-state index in [-0.39, 0.29) is 15.8 Å². The minimum absolute atomic E-state index is 0.180. The van der Waals surface area contributed by atoms with Gasteiger partial charge >= 0.3 is 0 Å². The average molecular weight is 477 g/mol. The molecule has 0 radical (unpaired) electrons. The lowest BCUT2D eigenvalue weighted by atomic mass is 10.1. The van der Waals surface area contributed by atoms with Gasteiger partial charge in [0.25, 0.3) is 5.24 Å². The fraction of sp³-hybridized carbons (Fsp3) is 0.731. The van der Waals surface area contributed by atoms with Crippen molar-refractivity contribution in [2.75, 3.05) is 13.2 Å². The van der Waals surface area contributed by atoms with E-state index in [1.54, 1.807) is 11.8 Å². The van der Waals surface area contributed by atoms with Crippen LogP contribution in [0.1, 0.15) is 66.9 Å². The van der Waals surface area contributed by atoms with E-state index in [0.717, 1.165) is 13.1 Å². The summed E-state index contributed by atoms with van der Waals surface area (Å²) < 4.78 is 6.04. The lowest BCUT2D eigenvalue weighted by Gasteiger charge is -2.48. The molecule has 0 aliphatic carbocycles. The number of thioether (sulfide) groups is 1. The molecule has 3 rings (SSSR count). The van der Waals surface area contributed by atoms with Crippen molar-refractivity contribution in [2.45, 2.75) is 108 Å². The largest absolute Gasteiger partial charge is 0.354 e. The first-order chi connectivity index (χ1) is 14.7. The number of amides is 1. The number of carbonyl (C=O) groups excluding carboxylic acids is 1. The molecule has 2 aliphatic heterocycles. The fourth-order valence-electron chi connectivity index (χ4n) is 5.18. The highest BCUT2D eigenvalue weighted by molar-refractivity contribution is 8.15. The van der Waals surface area contributed by atoms with Gasteiger partial charge in [0, 0.05) is 17.5 Å². The van der Waals surface area contributed by atoms with Gasteiger partial charge in [0.15, 0.2) is 0 Å².